The van der Waals surface area contributed by atoms with Gasteiger partial charge in [-0.2, -0.15) is 0 Å². The second-order valence-corrected chi connectivity index (χ2v) is 5.26. The van der Waals surface area contributed by atoms with Crippen LogP contribution in [0.25, 0.3) is 10.2 Å². The van der Waals surface area contributed by atoms with Crippen LogP contribution in [0.1, 0.15) is 32.6 Å². The van der Waals surface area contributed by atoms with Crippen LogP contribution in [-0.4, -0.2) is 4.57 Å². The van der Waals surface area contributed by atoms with Crippen molar-refractivity contribution < 1.29 is 0 Å². The molecule has 0 radical (unpaired) electrons. The predicted molar refractivity (Wildman–Crippen MR) is 75.3 cm³/mol. The smallest absolute Gasteiger partial charge is 0.215 e. The Bertz CT molecular complexity index is 585. The Morgan fingerprint density at radius 2 is 2.06 bits per heavy atom. The fourth-order valence-corrected chi connectivity index (χ4v) is 3.05. The summed E-state index contributed by atoms with van der Waals surface area (Å²) in [7, 11) is 0. The molecule has 0 saturated heterocycles. The summed E-state index contributed by atoms with van der Waals surface area (Å²) in [6, 6.07) is 8.12. The number of fused-ring (bicyclic) bond motifs is 1. The van der Waals surface area contributed by atoms with Crippen LogP contribution < -0.4 is 4.80 Å². The van der Waals surface area contributed by atoms with Gasteiger partial charge in [-0.3, -0.25) is 0 Å². The van der Waals surface area contributed by atoms with Gasteiger partial charge in [0, 0.05) is 6.54 Å². The summed E-state index contributed by atoms with van der Waals surface area (Å²) in [5, 5.41) is 6.36. The predicted octanol–water partition coefficient (Wildman–Crippen LogP) is 3.87. The Hall–Kier alpha value is -1.49. The maximum Gasteiger partial charge on any atom is 0.215 e. The van der Waals surface area contributed by atoms with Gasteiger partial charge < -0.3 is 4.57 Å². The number of hydrogen-bond acceptors (Lipinski definition) is 3. The lowest BCUT2D eigenvalue weighted by molar-refractivity contribution is 0.583. The summed E-state index contributed by atoms with van der Waals surface area (Å²) in [4.78, 5) is 11.1. The lowest BCUT2D eigenvalue weighted by Gasteiger charge is -2.04. The van der Waals surface area contributed by atoms with E-state index in [1.54, 1.807) is 0 Å². The minimum Gasteiger partial charge on any atom is -0.315 e. The van der Waals surface area contributed by atoms with Gasteiger partial charge in [-0.1, -0.05) is 54.8 Å². The van der Waals surface area contributed by atoms with Crippen molar-refractivity contribution in [2.75, 3.05) is 0 Å². The highest BCUT2D eigenvalue weighted by Crippen LogP contribution is 2.17. The highest BCUT2D eigenvalue weighted by atomic mass is 32.1. The average molecular weight is 263 g/mol. The van der Waals surface area contributed by atoms with Crippen LogP contribution in [0.4, 0.5) is 0 Å². The number of thiazole rings is 1. The minimum absolute atomic E-state index is 0.697. The van der Waals surface area contributed by atoms with Gasteiger partial charge in [-0.05, 0) is 18.6 Å². The van der Waals surface area contributed by atoms with E-state index in [9.17, 15) is 4.91 Å². The SMILES string of the molecule is CCCCCCn1/c(=N\N=O)sc2ccccc21. The molecule has 4 nitrogen and oxygen atoms in total. The van der Waals surface area contributed by atoms with Gasteiger partial charge in [-0.25, -0.2) is 0 Å². The molecule has 0 atom stereocenters. The Balaban J connectivity index is 2.30. The van der Waals surface area contributed by atoms with Gasteiger partial charge >= 0.3 is 0 Å². The molecule has 0 fully saturated rings. The van der Waals surface area contributed by atoms with Crippen LogP contribution in [0.5, 0.6) is 0 Å². The van der Waals surface area contributed by atoms with E-state index in [0.29, 0.717) is 4.80 Å². The van der Waals surface area contributed by atoms with Crippen molar-refractivity contribution in [3.8, 4) is 0 Å². The van der Waals surface area contributed by atoms with Crippen LogP contribution in [0, 0.1) is 4.91 Å². The first-order valence-electron chi connectivity index (χ1n) is 6.31. The maximum atomic E-state index is 10.4. The largest absolute Gasteiger partial charge is 0.315 e. The first kappa shape index (κ1) is 13.0. The van der Waals surface area contributed by atoms with Crippen molar-refractivity contribution >= 4 is 21.6 Å². The topological polar surface area (TPSA) is 46.7 Å². The maximum absolute atomic E-state index is 10.4. The van der Waals surface area contributed by atoms with Crippen LogP contribution in [-0.2, 0) is 6.54 Å². The van der Waals surface area contributed by atoms with Crippen molar-refractivity contribution in [3.05, 3.63) is 34.0 Å². The van der Waals surface area contributed by atoms with Gasteiger partial charge in [-0.15, -0.1) is 4.91 Å². The molecule has 18 heavy (non-hydrogen) atoms. The number of aryl methyl sites for hydroxylation is 1. The van der Waals surface area contributed by atoms with E-state index in [2.05, 4.69) is 27.9 Å². The molecule has 0 unspecified atom stereocenters. The van der Waals surface area contributed by atoms with Crippen molar-refractivity contribution in [1.82, 2.24) is 4.57 Å². The van der Waals surface area contributed by atoms with Crippen LogP contribution in [0.2, 0.25) is 0 Å². The summed E-state index contributed by atoms with van der Waals surface area (Å²) >= 11 is 1.51. The molecule has 0 N–H and O–H groups in total. The van der Waals surface area contributed by atoms with E-state index < -0.39 is 0 Å². The average Bonchev–Trinajstić information content (AvgIpc) is 2.73. The molecule has 1 aromatic heterocycles. The molecular formula is C13H17N3OS. The third kappa shape index (κ3) is 2.85. The second-order valence-electron chi connectivity index (χ2n) is 4.25. The minimum atomic E-state index is 0.697. The van der Waals surface area contributed by atoms with Gasteiger partial charge in [0.05, 0.1) is 15.5 Å². The van der Waals surface area contributed by atoms with Crippen LogP contribution >= 0.6 is 11.3 Å². The van der Waals surface area contributed by atoms with Gasteiger partial charge in [0.1, 0.15) is 0 Å². The Morgan fingerprint density at radius 3 is 2.83 bits per heavy atom. The molecule has 1 heterocycles. The van der Waals surface area contributed by atoms with E-state index in [-0.39, 0.29) is 0 Å². The summed E-state index contributed by atoms with van der Waals surface area (Å²) in [5.41, 5.74) is 1.14. The first-order chi connectivity index (χ1) is 8.86. The molecule has 96 valence electrons. The standard InChI is InChI=1S/C13H17N3OS/c1-2-3-4-7-10-16-11-8-5-6-9-12(11)18-13(16)14-15-17/h5-6,8-9H,2-4,7,10H2,1H3/b14-13+. The number of nitrogens with zero attached hydrogens (tertiary/aromatic N) is 3. The van der Waals surface area contributed by atoms with Gasteiger partial charge in [0.25, 0.3) is 0 Å². The lowest BCUT2D eigenvalue weighted by atomic mass is 10.2. The number of nitroso groups, excluding NO2 is 1. The molecule has 0 aliphatic rings. The molecule has 5 heteroatoms. The van der Waals surface area contributed by atoms with Crippen molar-refractivity contribution in [2.45, 2.75) is 39.2 Å². The number of hydrogen-bond donors (Lipinski definition) is 0. The highest BCUT2D eigenvalue weighted by Gasteiger charge is 2.05. The zero-order valence-corrected chi connectivity index (χ0v) is 11.3. The number of para-hydroxylation sites is 1. The number of rotatable bonds is 6. The van der Waals surface area contributed by atoms with Crippen molar-refractivity contribution in [2.24, 2.45) is 10.4 Å². The molecular weight excluding hydrogens is 246 g/mol. The zero-order valence-electron chi connectivity index (χ0n) is 10.5. The van der Waals surface area contributed by atoms with Crippen molar-refractivity contribution in [3.63, 3.8) is 0 Å². The Morgan fingerprint density at radius 1 is 1.22 bits per heavy atom. The fraction of sp³-hybridized carbons (Fsp3) is 0.462. The molecule has 2 rings (SSSR count). The summed E-state index contributed by atoms with van der Waals surface area (Å²) in [6.45, 7) is 3.10. The molecule has 1 aromatic carbocycles. The molecule has 0 aliphatic carbocycles. The van der Waals surface area contributed by atoms with Crippen molar-refractivity contribution in [1.29, 1.82) is 0 Å². The first-order valence-corrected chi connectivity index (χ1v) is 7.13. The normalized spacial score (nSPS) is 12.2. The summed E-state index contributed by atoms with van der Waals surface area (Å²) in [6.07, 6.45) is 4.80. The lowest BCUT2D eigenvalue weighted by Crippen LogP contribution is -2.14. The Labute approximate surface area is 110 Å². The summed E-state index contributed by atoms with van der Waals surface area (Å²) < 4.78 is 3.24. The molecule has 0 spiro atoms. The van der Waals surface area contributed by atoms with E-state index >= 15 is 0 Å². The van der Waals surface area contributed by atoms with Gasteiger partial charge in [0.2, 0.25) is 4.80 Å². The van der Waals surface area contributed by atoms with E-state index in [1.165, 1.54) is 30.6 Å². The highest BCUT2D eigenvalue weighted by molar-refractivity contribution is 7.16. The quantitative estimate of drug-likeness (QED) is 0.443. The van der Waals surface area contributed by atoms with Crippen LogP contribution in [0.3, 0.4) is 0 Å². The molecule has 0 bridgehead atoms. The van der Waals surface area contributed by atoms with E-state index in [0.717, 1.165) is 23.2 Å². The molecule has 2 aromatic rings. The molecule has 0 aliphatic heterocycles. The number of aromatic nitrogens is 1. The van der Waals surface area contributed by atoms with Gasteiger partial charge in [0.15, 0.2) is 0 Å². The Kier molecular flexibility index (Phi) is 4.64. The van der Waals surface area contributed by atoms with Crippen LogP contribution in [0.15, 0.2) is 34.7 Å². The number of unbranched alkanes of at least 4 members (excludes halogenated alkanes) is 3. The summed E-state index contributed by atoms with van der Waals surface area (Å²) in [5.74, 6) is 0. The second kappa shape index (κ2) is 6.44. The number of benzene rings is 1. The molecule has 0 amide bonds. The monoisotopic (exact) mass is 263 g/mol. The molecule has 0 saturated carbocycles. The van der Waals surface area contributed by atoms with E-state index in [4.69, 9.17) is 0 Å². The van der Waals surface area contributed by atoms with E-state index in [1.807, 2.05) is 18.2 Å². The third-order valence-electron chi connectivity index (χ3n) is 2.95. The zero-order chi connectivity index (χ0) is 12.8. The third-order valence-corrected chi connectivity index (χ3v) is 4.00. The fourth-order valence-electron chi connectivity index (χ4n) is 2.05.